The topological polar surface area (TPSA) is 111 Å². The second-order valence-corrected chi connectivity index (χ2v) is 18.1. The van der Waals surface area contributed by atoms with Crippen LogP contribution in [0.2, 0.25) is 0 Å². The van der Waals surface area contributed by atoms with Crippen molar-refractivity contribution in [2.45, 2.75) is 161 Å². The number of likely N-dealkylation sites (N-methyl/N-ethyl adjacent to an activating group) is 1. The first-order valence-corrected chi connectivity index (χ1v) is 25.7. The lowest BCUT2D eigenvalue weighted by Gasteiger charge is -2.28. The van der Waals surface area contributed by atoms with E-state index in [4.69, 9.17) is 18.5 Å². The van der Waals surface area contributed by atoms with Crippen LogP contribution < -0.4 is 4.89 Å². The highest BCUT2D eigenvalue weighted by Crippen LogP contribution is 2.38. The van der Waals surface area contributed by atoms with E-state index < -0.39 is 32.5 Å². The molecule has 0 heterocycles. The summed E-state index contributed by atoms with van der Waals surface area (Å²) >= 11 is 0. The molecule has 0 aliphatic carbocycles. The first-order valence-electron chi connectivity index (χ1n) is 24.2. The van der Waals surface area contributed by atoms with E-state index in [1.165, 1.54) is 25.7 Å². The standard InChI is InChI=1S/C54H88NO8P/c1-6-8-10-12-14-16-18-20-21-22-23-24-25-26-27-28-29-30-31-32-33-35-37-39-41-43-45-47-54(57)63-52(51-62-64(58,59)61-49-48-55(3,4)5)50-60-53(56)46-44-42-40-38-36-34-19-17-15-13-11-9-7-2/h8-11,14-17,20-21,23-24,26-27,29-30,34,36,40,42,52H,6-7,12-13,18-19,22,25,28,31-33,35,37-39,41,43-51H2,1-5H3/b10-8-,11-9-,16-14-,17-15-,21-20-,24-23-,27-26-,30-29-,36-34-,42-40-. The Hall–Kier alpha value is -3.59. The minimum absolute atomic E-state index is 0.0503. The van der Waals surface area contributed by atoms with E-state index in [2.05, 4.69) is 123 Å². The van der Waals surface area contributed by atoms with Crippen molar-refractivity contribution in [1.29, 1.82) is 0 Å². The third kappa shape index (κ3) is 47.9. The summed E-state index contributed by atoms with van der Waals surface area (Å²) in [6, 6.07) is 0. The fourth-order valence-electron chi connectivity index (χ4n) is 5.79. The molecule has 0 rings (SSSR count). The number of carbonyl (C=O) groups excluding carboxylic acids is 2. The van der Waals surface area contributed by atoms with E-state index in [0.29, 0.717) is 23.9 Å². The molecule has 0 aromatic heterocycles. The van der Waals surface area contributed by atoms with Gasteiger partial charge in [0, 0.05) is 12.8 Å². The third-order valence-electron chi connectivity index (χ3n) is 9.49. The molecule has 0 amide bonds. The molecule has 0 saturated heterocycles. The first-order chi connectivity index (χ1) is 31.0. The Kier molecular flexibility index (Phi) is 42.1. The van der Waals surface area contributed by atoms with Gasteiger partial charge in [-0.3, -0.25) is 14.2 Å². The van der Waals surface area contributed by atoms with Gasteiger partial charge in [-0.1, -0.05) is 174 Å². The number of ether oxygens (including phenoxy) is 2. The van der Waals surface area contributed by atoms with Gasteiger partial charge in [0.1, 0.15) is 19.8 Å². The molecule has 64 heavy (non-hydrogen) atoms. The molecule has 362 valence electrons. The van der Waals surface area contributed by atoms with Gasteiger partial charge < -0.3 is 27.9 Å². The van der Waals surface area contributed by atoms with E-state index in [9.17, 15) is 19.0 Å². The summed E-state index contributed by atoms with van der Waals surface area (Å²) in [7, 11) is 1.10. The van der Waals surface area contributed by atoms with Crippen molar-refractivity contribution < 1.29 is 42.1 Å². The van der Waals surface area contributed by atoms with Crippen molar-refractivity contribution >= 4 is 19.8 Å². The second-order valence-electron chi connectivity index (χ2n) is 16.7. The second kappa shape index (κ2) is 44.6. The molecular formula is C54H88NO8P. The zero-order valence-electron chi connectivity index (χ0n) is 40.7. The van der Waals surface area contributed by atoms with Crippen LogP contribution in [0, 0.1) is 0 Å². The minimum Gasteiger partial charge on any atom is -0.756 e. The van der Waals surface area contributed by atoms with Crippen LogP contribution in [0.25, 0.3) is 0 Å². The molecule has 2 unspecified atom stereocenters. The van der Waals surface area contributed by atoms with Gasteiger partial charge in [-0.15, -0.1) is 0 Å². The van der Waals surface area contributed by atoms with E-state index in [0.717, 1.165) is 89.9 Å². The number of hydrogen-bond acceptors (Lipinski definition) is 8. The third-order valence-corrected chi connectivity index (χ3v) is 10.5. The average Bonchev–Trinajstić information content (AvgIpc) is 3.25. The van der Waals surface area contributed by atoms with Gasteiger partial charge in [0.15, 0.2) is 6.10 Å². The van der Waals surface area contributed by atoms with Crippen LogP contribution in [0.15, 0.2) is 122 Å². The van der Waals surface area contributed by atoms with Crippen LogP contribution >= 0.6 is 7.82 Å². The molecule has 9 nitrogen and oxygen atoms in total. The SMILES string of the molecule is CC/C=C\C/C=C\C/C=C\C/C=C\C/C=C\C/C=C\CCCCCCCCCCC(=O)OC(COC(=O)CC/C=C\C/C=C\C/C=C\C/C=C\CC)COP(=O)([O-])OCC[N+](C)(C)C. The maximum absolute atomic E-state index is 12.7. The Bertz CT molecular complexity index is 1490. The van der Waals surface area contributed by atoms with Crippen LogP contribution in [0.3, 0.4) is 0 Å². The number of phosphoric acid groups is 1. The number of unbranched alkanes of at least 4 members (excludes halogenated alkanes) is 8. The Morgan fingerprint density at radius 2 is 0.875 bits per heavy atom. The number of nitrogens with zero attached hydrogens (tertiary/aromatic N) is 1. The van der Waals surface area contributed by atoms with Gasteiger partial charge in [-0.25, -0.2) is 0 Å². The predicted octanol–water partition coefficient (Wildman–Crippen LogP) is 13.8. The number of esters is 2. The Morgan fingerprint density at radius 3 is 1.31 bits per heavy atom. The lowest BCUT2D eigenvalue weighted by atomic mass is 10.1. The highest BCUT2D eigenvalue weighted by Gasteiger charge is 2.21. The fourth-order valence-corrected chi connectivity index (χ4v) is 6.52. The lowest BCUT2D eigenvalue weighted by Crippen LogP contribution is -2.37. The van der Waals surface area contributed by atoms with E-state index in [1.54, 1.807) is 0 Å². The Morgan fingerprint density at radius 1 is 0.484 bits per heavy atom. The summed E-state index contributed by atoms with van der Waals surface area (Å²) in [6.07, 6.45) is 62.5. The number of phosphoric ester groups is 1. The first kappa shape index (κ1) is 60.4. The van der Waals surface area contributed by atoms with Crippen LogP contribution in [-0.2, 0) is 32.7 Å². The fraction of sp³-hybridized carbons (Fsp3) is 0.593. The summed E-state index contributed by atoms with van der Waals surface area (Å²) in [6.45, 7) is 3.87. The van der Waals surface area contributed by atoms with Crippen molar-refractivity contribution in [3.05, 3.63) is 122 Å². The minimum atomic E-state index is -4.65. The van der Waals surface area contributed by atoms with Crippen LogP contribution in [0.1, 0.15) is 155 Å². The summed E-state index contributed by atoms with van der Waals surface area (Å²) in [5.41, 5.74) is 0. The molecule has 10 heteroatoms. The molecule has 0 aromatic carbocycles. The highest BCUT2D eigenvalue weighted by molar-refractivity contribution is 7.45. The monoisotopic (exact) mass is 910 g/mol. The smallest absolute Gasteiger partial charge is 0.306 e. The van der Waals surface area contributed by atoms with Crippen molar-refractivity contribution in [3.63, 3.8) is 0 Å². The molecule has 0 aliphatic heterocycles. The van der Waals surface area contributed by atoms with Gasteiger partial charge in [-0.2, -0.15) is 0 Å². The molecule has 0 fully saturated rings. The Balaban J connectivity index is 4.33. The summed E-state index contributed by atoms with van der Waals surface area (Å²) in [4.78, 5) is 37.6. The van der Waals surface area contributed by atoms with Gasteiger partial charge in [0.05, 0.1) is 27.7 Å². The number of allylic oxidation sites excluding steroid dienone is 20. The summed E-state index contributed by atoms with van der Waals surface area (Å²) in [5.74, 6) is -0.952. The molecule has 0 saturated carbocycles. The molecule has 0 spiro atoms. The number of carbonyl (C=O) groups is 2. The number of quaternary nitrogens is 1. The predicted molar refractivity (Wildman–Crippen MR) is 268 cm³/mol. The highest BCUT2D eigenvalue weighted by atomic mass is 31.2. The van der Waals surface area contributed by atoms with Crippen molar-refractivity contribution in [2.75, 3.05) is 47.5 Å². The zero-order chi connectivity index (χ0) is 47.1. The lowest BCUT2D eigenvalue weighted by molar-refractivity contribution is -0.870. The molecule has 2 atom stereocenters. The van der Waals surface area contributed by atoms with Gasteiger partial charge in [0.2, 0.25) is 0 Å². The number of hydrogen-bond donors (Lipinski definition) is 0. The maximum Gasteiger partial charge on any atom is 0.306 e. The van der Waals surface area contributed by atoms with Gasteiger partial charge in [-0.05, 0) is 89.9 Å². The van der Waals surface area contributed by atoms with E-state index in [1.807, 2.05) is 33.3 Å². The quantitative estimate of drug-likeness (QED) is 0.0196. The van der Waals surface area contributed by atoms with Crippen molar-refractivity contribution in [3.8, 4) is 0 Å². The normalized spacial score (nSPS) is 14.5. The molecule has 0 bridgehead atoms. The summed E-state index contributed by atoms with van der Waals surface area (Å²) in [5, 5.41) is 0. The van der Waals surface area contributed by atoms with Crippen molar-refractivity contribution in [2.24, 2.45) is 0 Å². The van der Waals surface area contributed by atoms with Gasteiger partial charge in [0.25, 0.3) is 7.82 Å². The molecule has 0 aromatic rings. The molecule has 0 radical (unpaired) electrons. The molecule has 0 N–H and O–H groups in total. The maximum atomic E-state index is 12.7. The largest absolute Gasteiger partial charge is 0.756 e. The Labute approximate surface area is 390 Å². The molecule has 0 aliphatic rings. The van der Waals surface area contributed by atoms with Crippen LogP contribution in [0.5, 0.6) is 0 Å². The summed E-state index contributed by atoms with van der Waals surface area (Å²) < 4.78 is 33.8. The van der Waals surface area contributed by atoms with E-state index >= 15 is 0 Å². The average molecular weight is 910 g/mol. The van der Waals surface area contributed by atoms with Crippen LogP contribution in [-0.4, -0.2) is 70.0 Å². The van der Waals surface area contributed by atoms with E-state index in [-0.39, 0.29) is 26.1 Å². The van der Waals surface area contributed by atoms with Crippen molar-refractivity contribution in [1.82, 2.24) is 0 Å². The van der Waals surface area contributed by atoms with Crippen LogP contribution in [0.4, 0.5) is 0 Å². The molecular weight excluding hydrogens is 822 g/mol. The zero-order valence-corrected chi connectivity index (χ0v) is 41.6. The van der Waals surface area contributed by atoms with Gasteiger partial charge >= 0.3 is 11.9 Å². The number of rotatable bonds is 42.